The van der Waals surface area contributed by atoms with Crippen molar-refractivity contribution < 1.29 is 29.0 Å². The number of aromatic nitrogens is 9. The molecule has 0 bridgehead atoms. The standard InChI is InChI=1S/C27H36N4O4S.2C23H24ClN5S.C6H5BrClN.CH2O2/c1-5-34-23(32)10-15-36-22-18-28-21(17-29-22)31-13-11-27(12-14-31)16-19-8-6-7-9-20(19)24(27)30-25(33)35-26(2,3)4;2*24-19-7-3-5-17(28-19)15-30-21-14-26-20(13-27-21)29-10-8-23(9-11-29)12-16-4-1-2-6-18(16)22(23)25;7-4-5-2-1-3-6(8)9-5;2-1-3/h6-9,17-18,24H,5,10-16H2,1-4H3,(H,30,33);2*1-7,13-14,22H,8-12,15,25H2;1-3H,4H2;1H,(H,2,3)/t24-;2*22-;;/m111../s1. The third-order valence-corrected chi connectivity index (χ3v) is 24.5. The fourth-order valence-corrected chi connectivity index (χ4v) is 18.1. The fourth-order valence-electron chi connectivity index (χ4n) is 15.1. The minimum Gasteiger partial charge on any atom is -0.483 e. The van der Waals surface area contributed by atoms with Gasteiger partial charge in [0.15, 0.2) is 0 Å². The van der Waals surface area contributed by atoms with Crippen molar-refractivity contribution >= 4 is 122 Å². The number of nitrogens with zero attached hydrogens (tertiary/aromatic N) is 12. The van der Waals surface area contributed by atoms with Gasteiger partial charge in [0, 0.05) is 79.4 Å². The van der Waals surface area contributed by atoms with Crippen LogP contribution < -0.4 is 31.5 Å². The molecule has 9 aromatic rings. The summed E-state index contributed by atoms with van der Waals surface area (Å²) in [4.78, 5) is 79.9. The summed E-state index contributed by atoms with van der Waals surface area (Å²) in [6.45, 7) is 13.2. The number of carbonyl (C=O) groups is 3. The normalized spacial score (nSPS) is 18.1. The second kappa shape index (κ2) is 38.3. The molecule has 3 aliphatic heterocycles. The first-order valence-corrected chi connectivity index (χ1v) is 41.4. The minimum atomic E-state index is -0.541. The number of fused-ring (bicyclic) bond motifs is 3. The van der Waals surface area contributed by atoms with E-state index >= 15 is 0 Å². The predicted molar refractivity (Wildman–Crippen MR) is 434 cm³/mol. The van der Waals surface area contributed by atoms with Gasteiger partial charge in [0.25, 0.3) is 6.47 Å². The van der Waals surface area contributed by atoms with Gasteiger partial charge in [0.05, 0.1) is 73.3 Å². The van der Waals surface area contributed by atoms with Crippen molar-refractivity contribution in [2.45, 2.75) is 148 Å². The topological polar surface area (TPSA) is 280 Å². The van der Waals surface area contributed by atoms with E-state index in [4.69, 9.17) is 65.6 Å². The molecule has 3 aliphatic carbocycles. The van der Waals surface area contributed by atoms with E-state index in [1.54, 1.807) is 54.8 Å². The Morgan fingerprint density at radius 1 is 0.546 bits per heavy atom. The molecular formula is C80H91BrCl3N15O6S3. The van der Waals surface area contributed by atoms with Crippen molar-refractivity contribution in [3.05, 3.63) is 230 Å². The van der Waals surface area contributed by atoms with Gasteiger partial charge in [-0.3, -0.25) is 9.59 Å². The molecular weight excluding hydrogens is 1550 g/mol. The number of piperidine rings is 3. The molecule has 15 rings (SSSR count). The zero-order chi connectivity index (χ0) is 76.3. The van der Waals surface area contributed by atoms with Gasteiger partial charge in [-0.2, -0.15) is 0 Å². The van der Waals surface area contributed by atoms with Gasteiger partial charge in [0.1, 0.15) is 53.6 Å². The van der Waals surface area contributed by atoms with E-state index in [0.29, 0.717) is 34.2 Å². The molecule has 6 aliphatic rings. The van der Waals surface area contributed by atoms with Crippen LogP contribution in [0.5, 0.6) is 0 Å². The number of halogens is 4. The quantitative estimate of drug-likeness (QED) is 0.0230. The van der Waals surface area contributed by atoms with Gasteiger partial charge in [-0.15, -0.1) is 11.8 Å². The van der Waals surface area contributed by atoms with Crippen LogP contribution in [0.15, 0.2) is 180 Å². The second-order valence-corrected chi connectivity index (χ2v) is 33.3. The molecule has 21 nitrogen and oxygen atoms in total. The molecule has 0 radical (unpaired) electrons. The largest absolute Gasteiger partial charge is 0.483 e. The summed E-state index contributed by atoms with van der Waals surface area (Å²) >= 11 is 25.5. The molecule has 0 saturated carbocycles. The lowest BCUT2D eigenvalue weighted by molar-refractivity contribution is -0.142. The first-order chi connectivity index (χ1) is 52.2. The molecule has 108 heavy (non-hydrogen) atoms. The third-order valence-electron chi connectivity index (χ3n) is 20.5. The van der Waals surface area contributed by atoms with Crippen LogP contribution >= 0.6 is 86.0 Å². The number of benzene rings is 3. The number of alkyl carbamates (subject to hydrolysis) is 1. The average molecular weight is 1640 g/mol. The van der Waals surface area contributed by atoms with E-state index in [2.05, 4.69) is 148 Å². The number of hydrogen-bond acceptors (Lipinski definition) is 22. The molecule has 0 unspecified atom stereocenters. The SMILES string of the molecule is CCOC(=O)CCSc1cnc(N2CCC3(CC2)Cc2ccccc2[C@H]3NC(=O)OC(C)(C)C)cn1.Clc1cccc(CBr)n1.N[C@@H]1c2ccccc2CC12CCN(c1cnc(SCc3cccc(Cl)n3)cn1)CC2.N[C@@H]1c2ccccc2CC12CCN(c1cnc(SCc3cccc(Cl)n3)cn1)CC2.O=CO. The maximum atomic E-state index is 12.7. The van der Waals surface area contributed by atoms with Crippen LogP contribution in [0.2, 0.25) is 15.5 Å². The van der Waals surface area contributed by atoms with Crippen molar-refractivity contribution in [1.82, 2.24) is 50.2 Å². The monoisotopic (exact) mass is 1640 g/mol. The van der Waals surface area contributed by atoms with Crippen LogP contribution in [-0.4, -0.2) is 126 Å². The molecule has 3 fully saturated rings. The Morgan fingerprint density at radius 2 is 0.917 bits per heavy atom. The Balaban J connectivity index is 0.000000150. The highest BCUT2D eigenvalue weighted by Gasteiger charge is 2.50. The number of esters is 1. The fraction of sp³-hybridized carbons (Fsp3) is 0.400. The molecule has 6 aromatic heterocycles. The summed E-state index contributed by atoms with van der Waals surface area (Å²) in [5.74, 6) is 4.61. The zero-order valence-electron chi connectivity index (χ0n) is 61.0. The van der Waals surface area contributed by atoms with Gasteiger partial charge in [-0.1, -0.05) is 165 Å². The highest BCUT2D eigenvalue weighted by atomic mass is 79.9. The molecule has 3 saturated heterocycles. The van der Waals surface area contributed by atoms with Crippen molar-refractivity contribution in [1.29, 1.82) is 0 Å². The zero-order valence-corrected chi connectivity index (χ0v) is 67.3. The van der Waals surface area contributed by atoms with Crippen LogP contribution in [0.3, 0.4) is 0 Å². The van der Waals surface area contributed by atoms with Crippen LogP contribution in [0, 0.1) is 16.2 Å². The summed E-state index contributed by atoms with van der Waals surface area (Å²) in [5.41, 5.74) is 24.0. The first kappa shape index (κ1) is 81.3. The number of amides is 1. The van der Waals surface area contributed by atoms with Crippen molar-refractivity contribution in [3.8, 4) is 0 Å². The number of hydrogen-bond donors (Lipinski definition) is 4. The molecule has 1 amide bonds. The van der Waals surface area contributed by atoms with Crippen molar-refractivity contribution in [3.63, 3.8) is 0 Å². The maximum Gasteiger partial charge on any atom is 0.408 e. The Morgan fingerprint density at radius 3 is 1.29 bits per heavy atom. The Bertz CT molecular complexity index is 4270. The number of anilines is 3. The molecule has 28 heteroatoms. The highest BCUT2D eigenvalue weighted by molar-refractivity contribution is 9.08. The number of alkyl halides is 1. The molecule has 3 aromatic carbocycles. The lowest BCUT2D eigenvalue weighted by Gasteiger charge is -2.43. The summed E-state index contributed by atoms with van der Waals surface area (Å²) in [7, 11) is 0. The highest BCUT2D eigenvalue weighted by Crippen LogP contribution is 2.54. The molecule has 3 atom stereocenters. The number of nitrogens with two attached hydrogens (primary N) is 2. The van der Waals surface area contributed by atoms with Crippen LogP contribution in [-0.2, 0) is 55.2 Å². The van der Waals surface area contributed by atoms with Gasteiger partial charge in [-0.25, -0.2) is 49.7 Å². The number of nitrogens with one attached hydrogen (secondary N) is 1. The number of carboxylic acid groups (broad SMARTS) is 1. The summed E-state index contributed by atoms with van der Waals surface area (Å²) in [5, 5.41) is 15.0. The summed E-state index contributed by atoms with van der Waals surface area (Å²) in [6.07, 6.45) is 20.4. The Kier molecular flexibility index (Phi) is 28.8. The average Bonchev–Trinajstić information content (AvgIpc) is 1.61. The molecule has 9 heterocycles. The smallest absolute Gasteiger partial charge is 0.408 e. The second-order valence-electron chi connectivity index (χ2n) is 28.4. The Hall–Kier alpha value is -7.72. The van der Waals surface area contributed by atoms with Gasteiger partial charge in [0.2, 0.25) is 0 Å². The maximum absolute atomic E-state index is 12.7. The minimum absolute atomic E-state index is 0.0482. The number of pyridine rings is 3. The van der Waals surface area contributed by atoms with E-state index in [9.17, 15) is 9.59 Å². The van der Waals surface area contributed by atoms with Crippen molar-refractivity contribution in [2.75, 3.05) is 66.3 Å². The van der Waals surface area contributed by atoms with Crippen LogP contribution in [0.25, 0.3) is 0 Å². The summed E-state index contributed by atoms with van der Waals surface area (Å²) < 4.78 is 10.6. The van der Waals surface area contributed by atoms with E-state index < -0.39 is 5.60 Å². The van der Waals surface area contributed by atoms with Gasteiger partial charge >= 0.3 is 12.1 Å². The molecule has 6 N–H and O–H groups in total. The van der Waals surface area contributed by atoms with E-state index in [0.717, 1.165) is 164 Å². The van der Waals surface area contributed by atoms with Crippen LogP contribution in [0.1, 0.15) is 141 Å². The molecule has 568 valence electrons. The predicted octanol–water partition coefficient (Wildman–Crippen LogP) is 16.6. The number of ether oxygens (including phenoxy) is 2. The van der Waals surface area contributed by atoms with E-state index in [1.165, 1.54) is 45.1 Å². The molecule has 3 spiro atoms. The number of carbonyl (C=O) groups excluding carboxylic acids is 2. The van der Waals surface area contributed by atoms with Gasteiger partial charge in [-0.05, 0) is 166 Å². The van der Waals surface area contributed by atoms with Crippen LogP contribution in [0.4, 0.5) is 22.2 Å². The van der Waals surface area contributed by atoms with Gasteiger partial charge < -0.3 is 46.1 Å². The van der Waals surface area contributed by atoms with E-state index in [1.807, 2.05) is 94.2 Å². The van der Waals surface area contributed by atoms with Crippen molar-refractivity contribution in [2.24, 2.45) is 27.7 Å². The lowest BCUT2D eigenvalue weighted by Crippen LogP contribution is -2.47. The number of thioether (sulfide) groups is 3. The first-order valence-electron chi connectivity index (χ1n) is 36.2. The Labute approximate surface area is 668 Å². The van der Waals surface area contributed by atoms with E-state index in [-0.39, 0.29) is 52.9 Å². The number of rotatable bonds is 16. The summed E-state index contributed by atoms with van der Waals surface area (Å²) in [6, 6.07) is 42.8. The lowest BCUT2D eigenvalue weighted by atomic mass is 9.72. The third kappa shape index (κ3) is 21.4.